The maximum absolute atomic E-state index is 11.2. The topological polar surface area (TPSA) is 17.1 Å². The third-order valence-corrected chi connectivity index (χ3v) is 2.28. The zero-order valence-electron chi connectivity index (χ0n) is 8.34. The summed E-state index contributed by atoms with van der Waals surface area (Å²) < 4.78 is 0. The molecule has 1 rings (SSSR count). The van der Waals surface area contributed by atoms with Gasteiger partial charge in [-0.05, 0) is 17.5 Å². The van der Waals surface area contributed by atoms with Crippen molar-refractivity contribution in [2.45, 2.75) is 33.1 Å². The summed E-state index contributed by atoms with van der Waals surface area (Å²) in [5.74, 6) is 0.320. The van der Waals surface area contributed by atoms with Crippen LogP contribution in [-0.2, 0) is 17.6 Å². The van der Waals surface area contributed by atoms with E-state index in [9.17, 15) is 4.79 Å². The molecule has 0 radical (unpaired) electrons. The van der Waals surface area contributed by atoms with Gasteiger partial charge in [0, 0.05) is 12.8 Å². The van der Waals surface area contributed by atoms with Crippen LogP contribution in [0.2, 0.25) is 0 Å². The lowest BCUT2D eigenvalue weighted by atomic mass is 10.00. The Morgan fingerprint density at radius 1 is 1.15 bits per heavy atom. The molecule has 1 nitrogen and oxygen atoms in total. The van der Waals surface area contributed by atoms with E-state index in [-0.39, 0.29) is 0 Å². The number of rotatable bonds is 4. The number of hydrogen-bond donors (Lipinski definition) is 0. The summed E-state index contributed by atoms with van der Waals surface area (Å²) in [6.45, 7) is 4.03. The van der Waals surface area contributed by atoms with Gasteiger partial charge in [0.1, 0.15) is 5.78 Å². The number of aryl methyl sites for hydroxylation is 1. The third-order valence-electron chi connectivity index (χ3n) is 2.28. The summed E-state index contributed by atoms with van der Waals surface area (Å²) in [5.41, 5.74) is 2.49. The minimum atomic E-state index is 0.320. The van der Waals surface area contributed by atoms with E-state index in [1.807, 2.05) is 25.1 Å². The lowest BCUT2D eigenvalue weighted by Crippen LogP contribution is -2.02. The summed E-state index contributed by atoms with van der Waals surface area (Å²) in [4.78, 5) is 11.2. The van der Waals surface area contributed by atoms with Crippen molar-refractivity contribution in [1.29, 1.82) is 0 Å². The van der Waals surface area contributed by atoms with Gasteiger partial charge < -0.3 is 0 Å². The fourth-order valence-corrected chi connectivity index (χ4v) is 1.41. The Labute approximate surface area is 79.8 Å². The van der Waals surface area contributed by atoms with E-state index >= 15 is 0 Å². The lowest BCUT2D eigenvalue weighted by molar-refractivity contribution is -0.118. The maximum Gasteiger partial charge on any atom is 0.137 e. The zero-order chi connectivity index (χ0) is 9.68. The van der Waals surface area contributed by atoms with Crippen LogP contribution >= 0.6 is 0 Å². The van der Waals surface area contributed by atoms with Gasteiger partial charge in [-0.15, -0.1) is 0 Å². The van der Waals surface area contributed by atoms with Gasteiger partial charge >= 0.3 is 0 Å². The van der Waals surface area contributed by atoms with E-state index in [4.69, 9.17) is 0 Å². The Morgan fingerprint density at radius 2 is 1.77 bits per heavy atom. The molecule has 0 N–H and O–H groups in total. The number of hydrogen-bond acceptors (Lipinski definition) is 1. The van der Waals surface area contributed by atoms with E-state index in [1.165, 1.54) is 11.1 Å². The van der Waals surface area contributed by atoms with Gasteiger partial charge in [-0.3, -0.25) is 4.79 Å². The predicted molar refractivity (Wildman–Crippen MR) is 54.8 cm³/mol. The number of carbonyl (C=O) groups excluding carboxylic acids is 1. The van der Waals surface area contributed by atoms with Gasteiger partial charge in [-0.25, -0.2) is 0 Å². The molecule has 1 aromatic carbocycles. The van der Waals surface area contributed by atoms with E-state index in [2.05, 4.69) is 13.0 Å². The van der Waals surface area contributed by atoms with Crippen LogP contribution in [0, 0.1) is 0 Å². The minimum Gasteiger partial charge on any atom is -0.299 e. The molecule has 0 saturated carbocycles. The van der Waals surface area contributed by atoms with Crippen molar-refractivity contribution < 1.29 is 4.79 Å². The molecule has 0 saturated heterocycles. The predicted octanol–water partition coefficient (Wildman–Crippen LogP) is 2.77. The van der Waals surface area contributed by atoms with Crippen LogP contribution in [0.5, 0.6) is 0 Å². The Kier molecular flexibility index (Phi) is 3.69. The first-order valence-corrected chi connectivity index (χ1v) is 4.86. The summed E-state index contributed by atoms with van der Waals surface area (Å²) in [7, 11) is 0. The van der Waals surface area contributed by atoms with Gasteiger partial charge in [-0.1, -0.05) is 38.1 Å². The fraction of sp³-hybridized carbons (Fsp3) is 0.417. The van der Waals surface area contributed by atoms with Crippen molar-refractivity contribution in [2.75, 3.05) is 0 Å². The molecular formula is C12H16O. The number of carbonyl (C=O) groups is 1. The summed E-state index contributed by atoms with van der Waals surface area (Å²) in [6.07, 6.45) is 2.24. The molecule has 0 fully saturated rings. The van der Waals surface area contributed by atoms with Crippen LogP contribution in [0.4, 0.5) is 0 Å². The van der Waals surface area contributed by atoms with Crippen LogP contribution < -0.4 is 0 Å². The van der Waals surface area contributed by atoms with Gasteiger partial charge in [0.05, 0.1) is 0 Å². The Bertz CT molecular complexity index is 289. The first-order valence-electron chi connectivity index (χ1n) is 4.86. The fourth-order valence-electron chi connectivity index (χ4n) is 1.41. The molecule has 0 aromatic heterocycles. The van der Waals surface area contributed by atoms with Crippen molar-refractivity contribution in [1.82, 2.24) is 0 Å². The molecule has 1 aromatic rings. The Balaban J connectivity index is 2.81. The second kappa shape index (κ2) is 4.80. The summed E-state index contributed by atoms with van der Waals surface area (Å²) in [6, 6.07) is 8.17. The Morgan fingerprint density at radius 3 is 2.31 bits per heavy atom. The molecule has 0 aliphatic heterocycles. The Hall–Kier alpha value is -1.11. The van der Waals surface area contributed by atoms with Crippen LogP contribution in [0.15, 0.2) is 24.3 Å². The number of ketones is 1. The smallest absolute Gasteiger partial charge is 0.137 e. The second-order valence-electron chi connectivity index (χ2n) is 3.19. The first-order chi connectivity index (χ1) is 6.27. The summed E-state index contributed by atoms with van der Waals surface area (Å²) >= 11 is 0. The van der Waals surface area contributed by atoms with Gasteiger partial charge in [0.25, 0.3) is 0 Å². The van der Waals surface area contributed by atoms with E-state index < -0.39 is 0 Å². The molecule has 1 heteroatoms. The summed E-state index contributed by atoms with van der Waals surface area (Å²) in [5, 5.41) is 0. The molecule has 13 heavy (non-hydrogen) atoms. The minimum absolute atomic E-state index is 0.320. The molecule has 0 atom stereocenters. The van der Waals surface area contributed by atoms with Crippen molar-refractivity contribution in [2.24, 2.45) is 0 Å². The van der Waals surface area contributed by atoms with E-state index in [0.29, 0.717) is 18.6 Å². The van der Waals surface area contributed by atoms with Crippen LogP contribution in [0.25, 0.3) is 0 Å². The van der Waals surface area contributed by atoms with Crippen molar-refractivity contribution in [3.8, 4) is 0 Å². The first kappa shape index (κ1) is 9.97. The van der Waals surface area contributed by atoms with Crippen molar-refractivity contribution in [3.05, 3.63) is 35.4 Å². The highest BCUT2D eigenvalue weighted by atomic mass is 16.1. The molecule has 0 bridgehead atoms. The highest BCUT2D eigenvalue weighted by Gasteiger charge is 2.03. The van der Waals surface area contributed by atoms with Gasteiger partial charge in [-0.2, -0.15) is 0 Å². The van der Waals surface area contributed by atoms with Crippen LogP contribution in [0.1, 0.15) is 31.4 Å². The zero-order valence-corrected chi connectivity index (χ0v) is 8.34. The molecule has 0 aliphatic rings. The lowest BCUT2D eigenvalue weighted by Gasteiger charge is -2.05. The average Bonchev–Trinajstić information content (AvgIpc) is 2.18. The van der Waals surface area contributed by atoms with E-state index in [0.717, 1.165) is 6.42 Å². The standard InChI is InChI=1S/C12H16O/c1-3-10-7-5-6-8-11(10)9-12(13)4-2/h5-8H,3-4,9H2,1-2H3. The van der Waals surface area contributed by atoms with Crippen molar-refractivity contribution in [3.63, 3.8) is 0 Å². The molecule has 0 spiro atoms. The highest BCUT2D eigenvalue weighted by molar-refractivity contribution is 5.80. The van der Waals surface area contributed by atoms with Gasteiger partial charge in [0.15, 0.2) is 0 Å². The van der Waals surface area contributed by atoms with Crippen LogP contribution in [0.3, 0.4) is 0 Å². The molecule has 70 valence electrons. The monoisotopic (exact) mass is 176 g/mol. The molecule has 0 heterocycles. The SMILES string of the molecule is CCC(=O)Cc1ccccc1CC. The quantitative estimate of drug-likeness (QED) is 0.689. The highest BCUT2D eigenvalue weighted by Crippen LogP contribution is 2.10. The molecule has 0 aliphatic carbocycles. The molecular weight excluding hydrogens is 160 g/mol. The normalized spacial score (nSPS) is 10.0. The molecule has 0 amide bonds. The average molecular weight is 176 g/mol. The number of benzene rings is 1. The van der Waals surface area contributed by atoms with Gasteiger partial charge in [0.2, 0.25) is 0 Å². The third kappa shape index (κ3) is 2.69. The second-order valence-corrected chi connectivity index (χ2v) is 3.19. The van der Waals surface area contributed by atoms with E-state index in [1.54, 1.807) is 0 Å². The van der Waals surface area contributed by atoms with Crippen molar-refractivity contribution >= 4 is 5.78 Å². The maximum atomic E-state index is 11.2. The number of Topliss-reactive ketones (excluding diaryl/α,β-unsaturated/α-hetero) is 1. The van der Waals surface area contributed by atoms with Crippen LogP contribution in [-0.4, -0.2) is 5.78 Å². The largest absolute Gasteiger partial charge is 0.299 e. The molecule has 0 unspecified atom stereocenters.